The molecule has 4 N–H and O–H groups in total. The average Bonchev–Trinajstić information content (AvgIpc) is 2.72. The fourth-order valence-electron chi connectivity index (χ4n) is 5.48. The van der Waals surface area contributed by atoms with Crippen LogP contribution >= 0.6 is 0 Å². The summed E-state index contributed by atoms with van der Waals surface area (Å²) in [6, 6.07) is 9.07. The third kappa shape index (κ3) is 4.52. The lowest BCUT2D eigenvalue weighted by Gasteiger charge is -2.44. The quantitative estimate of drug-likeness (QED) is 0.716. The van der Waals surface area contributed by atoms with Gasteiger partial charge in [-0.3, -0.25) is 0 Å². The van der Waals surface area contributed by atoms with E-state index in [0.717, 1.165) is 12.4 Å². The third-order valence-electron chi connectivity index (χ3n) is 7.29. The van der Waals surface area contributed by atoms with Crippen LogP contribution in [-0.2, 0) is 6.54 Å². The van der Waals surface area contributed by atoms with E-state index < -0.39 is 0 Å². The number of nitrogens with zero attached hydrogens (tertiary/aromatic N) is 3. The number of rotatable bonds is 4. The molecule has 6 nitrogen and oxygen atoms in total. The summed E-state index contributed by atoms with van der Waals surface area (Å²) < 4.78 is 0. The standard InChI is InChI=1S/C24H34N6/c1-15-5-3-6-16(2)21(15)14-29-24-28-13-20(11-25)23(30-24)27-12-17-9-18-7-4-8-19(10-17)22(18)26/h3,5-6,17-20,22H,4,7-10,12-14,26H2,1-2H3,(H2,27,28,29,30)/t17?,18-,19+,20?,22-. The molecule has 0 radical (unpaired) electrons. The number of hydrogen-bond acceptors (Lipinski definition) is 6. The molecule has 2 saturated carbocycles. The molecule has 3 aliphatic rings. The van der Waals surface area contributed by atoms with Crippen molar-refractivity contribution >= 4 is 11.8 Å². The van der Waals surface area contributed by atoms with Gasteiger partial charge in [-0.2, -0.15) is 10.3 Å². The lowest BCUT2D eigenvalue weighted by Crippen LogP contribution is -2.48. The number of amidine groups is 1. The second-order valence-electron chi connectivity index (χ2n) is 9.31. The van der Waals surface area contributed by atoms with Crippen LogP contribution in [0, 0.1) is 48.9 Å². The van der Waals surface area contributed by atoms with Crippen LogP contribution < -0.4 is 16.4 Å². The fraction of sp³-hybridized carbons (Fsp3) is 0.625. The molecule has 1 heterocycles. The number of nitrogens with one attached hydrogen (secondary N) is 2. The topological polar surface area (TPSA) is 98.6 Å². The molecule has 1 aliphatic heterocycles. The van der Waals surface area contributed by atoms with Crippen LogP contribution in [-0.4, -0.2) is 30.9 Å². The molecule has 6 heteroatoms. The minimum absolute atomic E-state index is 0.291. The molecule has 0 aromatic heterocycles. The van der Waals surface area contributed by atoms with Gasteiger partial charge in [0.25, 0.3) is 0 Å². The minimum Gasteiger partial charge on any atom is -0.372 e. The molecule has 0 spiro atoms. The Labute approximate surface area is 180 Å². The molecule has 2 fully saturated rings. The van der Waals surface area contributed by atoms with Crippen molar-refractivity contribution in [2.45, 2.75) is 58.5 Å². The number of nitriles is 1. The van der Waals surface area contributed by atoms with Gasteiger partial charge in [0.15, 0.2) is 0 Å². The fourth-order valence-corrected chi connectivity index (χ4v) is 5.48. The number of nitrogens with two attached hydrogens (primary N) is 1. The Hall–Kier alpha value is -2.39. The van der Waals surface area contributed by atoms with Crippen molar-refractivity contribution in [1.82, 2.24) is 10.6 Å². The second kappa shape index (κ2) is 9.18. The molecule has 4 rings (SSSR count). The molecule has 160 valence electrons. The van der Waals surface area contributed by atoms with E-state index in [4.69, 9.17) is 5.73 Å². The van der Waals surface area contributed by atoms with Gasteiger partial charge >= 0.3 is 0 Å². The highest BCUT2D eigenvalue weighted by atomic mass is 15.2. The zero-order chi connectivity index (χ0) is 21.1. The van der Waals surface area contributed by atoms with Crippen LogP contribution in [0.25, 0.3) is 0 Å². The Balaban J connectivity index is 1.37. The maximum atomic E-state index is 9.55. The third-order valence-corrected chi connectivity index (χ3v) is 7.29. The predicted octanol–water partition coefficient (Wildman–Crippen LogP) is 3.04. The summed E-state index contributed by atoms with van der Waals surface area (Å²) in [7, 11) is 0. The number of fused-ring (bicyclic) bond motifs is 2. The van der Waals surface area contributed by atoms with Gasteiger partial charge in [-0.1, -0.05) is 24.6 Å². The van der Waals surface area contributed by atoms with Crippen molar-refractivity contribution in [2.24, 2.45) is 39.4 Å². The first-order chi connectivity index (χ1) is 14.5. The summed E-state index contributed by atoms with van der Waals surface area (Å²) in [5, 5.41) is 16.4. The van der Waals surface area contributed by atoms with Crippen molar-refractivity contribution in [2.75, 3.05) is 13.1 Å². The van der Waals surface area contributed by atoms with Crippen molar-refractivity contribution in [1.29, 1.82) is 5.26 Å². The summed E-state index contributed by atoms with van der Waals surface area (Å²) in [6.07, 6.45) is 6.27. The Morgan fingerprint density at radius 3 is 2.50 bits per heavy atom. The number of aryl methyl sites for hydroxylation is 2. The van der Waals surface area contributed by atoms with Gasteiger partial charge < -0.3 is 16.4 Å². The smallest absolute Gasteiger partial charge is 0.220 e. The Morgan fingerprint density at radius 2 is 1.83 bits per heavy atom. The van der Waals surface area contributed by atoms with Gasteiger partial charge in [-0.05, 0) is 74.0 Å². The van der Waals surface area contributed by atoms with E-state index in [1.165, 1.54) is 48.8 Å². The van der Waals surface area contributed by atoms with E-state index in [1.807, 2.05) is 0 Å². The Kier molecular flexibility index (Phi) is 6.38. The van der Waals surface area contributed by atoms with E-state index in [1.54, 1.807) is 0 Å². The molecule has 1 aromatic carbocycles. The van der Waals surface area contributed by atoms with E-state index >= 15 is 0 Å². The highest BCUT2D eigenvalue weighted by molar-refractivity contribution is 6.00. The zero-order valence-corrected chi connectivity index (χ0v) is 18.2. The zero-order valence-electron chi connectivity index (χ0n) is 18.2. The van der Waals surface area contributed by atoms with Crippen LogP contribution in [0.3, 0.4) is 0 Å². The van der Waals surface area contributed by atoms with E-state index in [-0.39, 0.29) is 5.92 Å². The highest BCUT2D eigenvalue weighted by Crippen LogP contribution is 2.41. The SMILES string of the molecule is Cc1cccc(C)c1CNC1=NCC(C#N)C(NCC2C[C@H]3CCC[C@@H](C2)[C@@H]3N)=N1. The summed E-state index contributed by atoms with van der Waals surface area (Å²) in [6.45, 7) is 6.27. The summed E-state index contributed by atoms with van der Waals surface area (Å²) in [5.41, 5.74) is 10.2. The van der Waals surface area contributed by atoms with Crippen LogP contribution in [0.5, 0.6) is 0 Å². The molecular weight excluding hydrogens is 372 g/mol. The molecule has 0 amide bonds. The molecule has 30 heavy (non-hydrogen) atoms. The van der Waals surface area contributed by atoms with Gasteiger partial charge in [-0.25, -0.2) is 4.99 Å². The summed E-state index contributed by atoms with van der Waals surface area (Å²) in [5.74, 6) is 3.04. The predicted molar refractivity (Wildman–Crippen MR) is 121 cm³/mol. The molecule has 2 bridgehead atoms. The van der Waals surface area contributed by atoms with Crippen molar-refractivity contribution in [3.05, 3.63) is 34.9 Å². The van der Waals surface area contributed by atoms with E-state index in [2.05, 4.69) is 58.7 Å². The monoisotopic (exact) mass is 406 g/mol. The molecular formula is C24H34N6. The first-order valence-electron chi connectivity index (χ1n) is 11.4. The van der Waals surface area contributed by atoms with E-state index in [0.29, 0.717) is 42.8 Å². The van der Waals surface area contributed by atoms with Crippen molar-refractivity contribution in [3.63, 3.8) is 0 Å². The van der Waals surface area contributed by atoms with Gasteiger partial charge in [0.2, 0.25) is 5.96 Å². The maximum absolute atomic E-state index is 9.55. The molecule has 2 unspecified atom stereocenters. The molecule has 0 saturated heterocycles. The Bertz CT molecular complexity index is 833. The number of guanidine groups is 1. The second-order valence-corrected chi connectivity index (χ2v) is 9.31. The van der Waals surface area contributed by atoms with Crippen molar-refractivity contribution in [3.8, 4) is 6.07 Å². The van der Waals surface area contributed by atoms with Crippen LogP contribution in [0.15, 0.2) is 28.2 Å². The van der Waals surface area contributed by atoms with Gasteiger partial charge in [0.05, 0.1) is 12.6 Å². The van der Waals surface area contributed by atoms with Gasteiger partial charge in [0, 0.05) is 19.1 Å². The van der Waals surface area contributed by atoms with Crippen molar-refractivity contribution < 1.29 is 0 Å². The number of benzene rings is 1. The number of aliphatic imine (C=N–C) groups is 2. The van der Waals surface area contributed by atoms with E-state index in [9.17, 15) is 5.26 Å². The summed E-state index contributed by atoms with van der Waals surface area (Å²) >= 11 is 0. The lowest BCUT2D eigenvalue weighted by molar-refractivity contribution is 0.108. The largest absolute Gasteiger partial charge is 0.372 e. The molecule has 1 aromatic rings. The van der Waals surface area contributed by atoms with Crippen LogP contribution in [0.4, 0.5) is 0 Å². The van der Waals surface area contributed by atoms with Crippen LogP contribution in [0.1, 0.15) is 48.8 Å². The van der Waals surface area contributed by atoms with Crippen LogP contribution in [0.2, 0.25) is 0 Å². The highest BCUT2D eigenvalue weighted by Gasteiger charge is 2.38. The molecule has 2 aliphatic carbocycles. The van der Waals surface area contributed by atoms with Gasteiger partial charge in [0.1, 0.15) is 11.8 Å². The average molecular weight is 407 g/mol. The number of hydrogen-bond donors (Lipinski definition) is 3. The lowest BCUT2D eigenvalue weighted by atomic mass is 9.65. The first kappa shape index (κ1) is 20.9. The maximum Gasteiger partial charge on any atom is 0.220 e. The first-order valence-corrected chi connectivity index (χ1v) is 11.4. The molecule has 5 atom stereocenters. The Morgan fingerprint density at radius 1 is 1.13 bits per heavy atom. The van der Waals surface area contributed by atoms with Gasteiger partial charge in [-0.15, -0.1) is 0 Å². The minimum atomic E-state index is -0.291. The summed E-state index contributed by atoms with van der Waals surface area (Å²) in [4.78, 5) is 9.17. The normalized spacial score (nSPS) is 30.7.